The predicted octanol–water partition coefficient (Wildman–Crippen LogP) is 3.21. The summed E-state index contributed by atoms with van der Waals surface area (Å²) in [5, 5.41) is 3.07. The summed E-state index contributed by atoms with van der Waals surface area (Å²) in [6.45, 7) is 5.55. The van der Waals surface area contributed by atoms with Crippen molar-refractivity contribution in [3.63, 3.8) is 0 Å². The van der Waals surface area contributed by atoms with E-state index in [1.54, 1.807) is 23.6 Å². The zero-order valence-electron chi connectivity index (χ0n) is 14.4. The third-order valence-corrected chi connectivity index (χ3v) is 5.02. The molecule has 2 amide bonds. The van der Waals surface area contributed by atoms with Crippen LogP contribution in [0, 0.1) is 6.92 Å². The molecule has 0 unspecified atom stereocenters. The fourth-order valence-electron chi connectivity index (χ4n) is 2.62. The first-order chi connectivity index (χ1) is 11.6. The van der Waals surface area contributed by atoms with E-state index in [0.29, 0.717) is 26.1 Å². The number of carbonyl (C=O) groups excluding carboxylic acids is 2. The van der Waals surface area contributed by atoms with Crippen molar-refractivity contribution in [2.24, 2.45) is 0 Å². The molecule has 0 saturated carbocycles. The zero-order valence-corrected chi connectivity index (χ0v) is 15.2. The van der Waals surface area contributed by atoms with Gasteiger partial charge in [-0.15, -0.1) is 11.8 Å². The van der Waals surface area contributed by atoms with E-state index in [1.165, 1.54) is 10.5 Å². The van der Waals surface area contributed by atoms with Crippen LogP contribution in [0.25, 0.3) is 0 Å². The number of hydrogen-bond acceptors (Lipinski definition) is 4. The number of nitrogens with zero attached hydrogens (tertiary/aromatic N) is 1. The van der Waals surface area contributed by atoms with Crippen molar-refractivity contribution in [1.82, 2.24) is 10.2 Å². The highest BCUT2D eigenvalue weighted by atomic mass is 32.2. The van der Waals surface area contributed by atoms with Crippen LogP contribution in [-0.2, 0) is 9.53 Å². The van der Waals surface area contributed by atoms with Gasteiger partial charge in [0.15, 0.2) is 0 Å². The summed E-state index contributed by atoms with van der Waals surface area (Å²) in [7, 11) is 0. The third kappa shape index (κ3) is 6.07. The summed E-state index contributed by atoms with van der Waals surface area (Å²) in [4.78, 5) is 26.6. The second kappa shape index (κ2) is 9.57. The number of carbonyl (C=O) groups is 2. The molecule has 1 N–H and O–H groups in total. The molecule has 1 aromatic rings. The van der Waals surface area contributed by atoms with Gasteiger partial charge in [0.2, 0.25) is 5.91 Å². The van der Waals surface area contributed by atoms with Crippen molar-refractivity contribution in [3.05, 3.63) is 29.8 Å². The van der Waals surface area contributed by atoms with Gasteiger partial charge in [-0.05, 0) is 38.8 Å². The van der Waals surface area contributed by atoms with Gasteiger partial charge in [-0.1, -0.05) is 17.7 Å². The average Bonchev–Trinajstić information content (AvgIpc) is 2.57. The Morgan fingerprint density at radius 2 is 1.92 bits per heavy atom. The summed E-state index contributed by atoms with van der Waals surface area (Å²) in [5.74, 6) is 0.862. The number of piperidine rings is 1. The summed E-state index contributed by atoms with van der Waals surface area (Å²) >= 11 is 1.70. The molecule has 0 bridgehead atoms. The lowest BCUT2D eigenvalue weighted by atomic mass is 10.1. The number of likely N-dealkylation sites (tertiary alicyclic amines) is 1. The van der Waals surface area contributed by atoms with Gasteiger partial charge in [-0.25, -0.2) is 4.79 Å². The largest absolute Gasteiger partial charge is 0.450 e. The molecule has 0 aromatic heterocycles. The molecule has 132 valence electrons. The zero-order chi connectivity index (χ0) is 17.4. The highest BCUT2D eigenvalue weighted by Crippen LogP contribution is 2.19. The van der Waals surface area contributed by atoms with Crippen LogP contribution in [0.2, 0.25) is 0 Å². The molecule has 6 heteroatoms. The molecular formula is C18H26N2O3S. The SMILES string of the molecule is CCOC(=O)N1CCC(NC(=O)CCSc2ccc(C)cc2)CC1. The Morgan fingerprint density at radius 1 is 1.25 bits per heavy atom. The van der Waals surface area contributed by atoms with E-state index in [-0.39, 0.29) is 18.0 Å². The topological polar surface area (TPSA) is 58.6 Å². The van der Waals surface area contributed by atoms with Crippen LogP contribution in [0.1, 0.15) is 31.7 Å². The number of nitrogens with one attached hydrogen (secondary N) is 1. The van der Waals surface area contributed by atoms with Crippen molar-refractivity contribution in [2.75, 3.05) is 25.4 Å². The van der Waals surface area contributed by atoms with Gasteiger partial charge in [0.1, 0.15) is 0 Å². The van der Waals surface area contributed by atoms with Gasteiger partial charge in [-0.2, -0.15) is 0 Å². The molecule has 1 saturated heterocycles. The van der Waals surface area contributed by atoms with Gasteiger partial charge in [0.05, 0.1) is 6.61 Å². The van der Waals surface area contributed by atoms with Crippen molar-refractivity contribution in [3.8, 4) is 0 Å². The fraction of sp³-hybridized carbons (Fsp3) is 0.556. The Kier molecular flexibility index (Phi) is 7.43. The maximum absolute atomic E-state index is 12.0. The van der Waals surface area contributed by atoms with Crippen LogP contribution in [0.5, 0.6) is 0 Å². The lowest BCUT2D eigenvalue weighted by molar-refractivity contribution is -0.121. The molecule has 1 aliphatic rings. The molecule has 1 fully saturated rings. The highest BCUT2D eigenvalue weighted by molar-refractivity contribution is 7.99. The molecular weight excluding hydrogens is 324 g/mol. The van der Waals surface area contributed by atoms with E-state index in [1.807, 2.05) is 0 Å². The number of amides is 2. The van der Waals surface area contributed by atoms with Crippen LogP contribution < -0.4 is 5.32 Å². The summed E-state index contributed by atoms with van der Waals surface area (Å²) in [5.41, 5.74) is 1.24. The Hall–Kier alpha value is -1.69. The van der Waals surface area contributed by atoms with E-state index < -0.39 is 0 Å². The van der Waals surface area contributed by atoms with E-state index in [9.17, 15) is 9.59 Å². The summed E-state index contributed by atoms with van der Waals surface area (Å²) in [6.07, 6.45) is 1.83. The minimum atomic E-state index is -0.253. The summed E-state index contributed by atoms with van der Waals surface area (Å²) < 4.78 is 5.00. The van der Waals surface area contributed by atoms with Crippen LogP contribution in [0.3, 0.4) is 0 Å². The van der Waals surface area contributed by atoms with Crippen molar-refractivity contribution in [2.45, 2.75) is 44.0 Å². The number of benzene rings is 1. The predicted molar refractivity (Wildman–Crippen MR) is 96.3 cm³/mol. The molecule has 24 heavy (non-hydrogen) atoms. The second-order valence-corrected chi connectivity index (χ2v) is 7.11. The van der Waals surface area contributed by atoms with E-state index >= 15 is 0 Å². The van der Waals surface area contributed by atoms with Gasteiger partial charge in [0.25, 0.3) is 0 Å². The fourth-order valence-corrected chi connectivity index (χ4v) is 3.47. The molecule has 1 heterocycles. The number of rotatable bonds is 6. The summed E-state index contributed by atoms with van der Waals surface area (Å²) in [6, 6.07) is 8.50. The quantitative estimate of drug-likeness (QED) is 0.801. The smallest absolute Gasteiger partial charge is 0.409 e. The monoisotopic (exact) mass is 350 g/mol. The molecule has 0 atom stereocenters. The maximum atomic E-state index is 12.0. The Bertz CT molecular complexity index is 540. The highest BCUT2D eigenvalue weighted by Gasteiger charge is 2.24. The number of aryl methyl sites for hydroxylation is 1. The molecule has 5 nitrogen and oxygen atoms in total. The normalized spacial score (nSPS) is 15.2. The van der Waals surface area contributed by atoms with Crippen molar-refractivity contribution < 1.29 is 14.3 Å². The van der Waals surface area contributed by atoms with Gasteiger partial charge in [-0.3, -0.25) is 4.79 Å². The Morgan fingerprint density at radius 3 is 2.54 bits per heavy atom. The van der Waals surface area contributed by atoms with Crippen LogP contribution >= 0.6 is 11.8 Å². The van der Waals surface area contributed by atoms with Crippen LogP contribution in [0.15, 0.2) is 29.2 Å². The van der Waals surface area contributed by atoms with E-state index in [4.69, 9.17) is 4.74 Å². The number of hydrogen-bond donors (Lipinski definition) is 1. The Labute approximate surface area is 148 Å². The van der Waals surface area contributed by atoms with Crippen LogP contribution in [0.4, 0.5) is 4.79 Å². The molecule has 2 rings (SSSR count). The number of ether oxygens (including phenoxy) is 1. The third-order valence-electron chi connectivity index (χ3n) is 4.00. The van der Waals surface area contributed by atoms with Crippen LogP contribution in [-0.4, -0.2) is 48.4 Å². The molecule has 1 aliphatic heterocycles. The molecule has 1 aromatic carbocycles. The maximum Gasteiger partial charge on any atom is 0.409 e. The minimum Gasteiger partial charge on any atom is -0.450 e. The number of thioether (sulfide) groups is 1. The minimum absolute atomic E-state index is 0.0872. The first kappa shape index (κ1) is 18.6. The molecule has 0 spiro atoms. The first-order valence-corrected chi connectivity index (χ1v) is 9.47. The lowest BCUT2D eigenvalue weighted by Gasteiger charge is -2.31. The molecule has 0 aliphatic carbocycles. The van der Waals surface area contributed by atoms with Crippen molar-refractivity contribution >= 4 is 23.8 Å². The Balaban J connectivity index is 1.63. The van der Waals surface area contributed by atoms with Gasteiger partial charge < -0.3 is 15.0 Å². The average molecular weight is 350 g/mol. The molecule has 0 radical (unpaired) electrons. The van der Waals surface area contributed by atoms with E-state index in [2.05, 4.69) is 36.5 Å². The van der Waals surface area contributed by atoms with E-state index in [0.717, 1.165) is 18.6 Å². The van der Waals surface area contributed by atoms with Crippen molar-refractivity contribution in [1.29, 1.82) is 0 Å². The van der Waals surface area contributed by atoms with Gasteiger partial charge >= 0.3 is 6.09 Å². The lowest BCUT2D eigenvalue weighted by Crippen LogP contribution is -2.46. The first-order valence-electron chi connectivity index (χ1n) is 8.49. The second-order valence-electron chi connectivity index (χ2n) is 5.94. The van der Waals surface area contributed by atoms with Gasteiger partial charge in [0, 0.05) is 36.2 Å². The standard InChI is InChI=1S/C18H26N2O3S/c1-3-23-18(22)20-11-8-15(9-12-20)19-17(21)10-13-24-16-6-4-14(2)5-7-16/h4-7,15H,3,8-13H2,1-2H3,(H,19,21).